The molecule has 0 fully saturated rings. The van der Waals surface area contributed by atoms with Crippen LogP contribution in [0, 0.1) is 13.8 Å². The zero-order valence-electron chi connectivity index (χ0n) is 13.7. The molecule has 1 amide bonds. The molecule has 3 rings (SSSR count). The van der Waals surface area contributed by atoms with Crippen molar-refractivity contribution in [2.24, 2.45) is 0 Å². The minimum Gasteiger partial charge on any atom is -0.326 e. The fourth-order valence-corrected chi connectivity index (χ4v) is 2.64. The molecular weight excluding hydrogens is 302 g/mol. The molecule has 0 bridgehead atoms. The van der Waals surface area contributed by atoms with Crippen LogP contribution in [0.25, 0.3) is 10.9 Å². The molecular formula is C19H19N3O2. The summed E-state index contributed by atoms with van der Waals surface area (Å²) in [5, 5.41) is 10.6. The molecule has 0 aliphatic carbocycles. The number of nitrogens with one attached hydrogen (secondary N) is 2. The van der Waals surface area contributed by atoms with Crippen molar-refractivity contribution in [1.29, 1.82) is 0 Å². The van der Waals surface area contributed by atoms with Crippen molar-refractivity contribution in [2.45, 2.75) is 26.7 Å². The van der Waals surface area contributed by atoms with Crippen LogP contribution >= 0.6 is 0 Å². The van der Waals surface area contributed by atoms with E-state index >= 15 is 0 Å². The second-order valence-corrected chi connectivity index (χ2v) is 5.96. The first-order valence-corrected chi connectivity index (χ1v) is 7.86. The smallest absolute Gasteiger partial charge is 0.224 e. The number of anilines is 1. The third kappa shape index (κ3) is 3.51. The number of hydrogen-bond acceptors (Lipinski definition) is 3. The third-order valence-corrected chi connectivity index (χ3v) is 4.00. The number of aromatic amines is 1. The van der Waals surface area contributed by atoms with E-state index in [0.29, 0.717) is 11.3 Å². The monoisotopic (exact) mass is 321 g/mol. The van der Waals surface area contributed by atoms with E-state index in [1.807, 2.05) is 50.2 Å². The Labute approximate surface area is 140 Å². The van der Waals surface area contributed by atoms with Crippen LogP contribution in [-0.4, -0.2) is 21.9 Å². The number of aromatic nitrogens is 2. The molecule has 5 nitrogen and oxygen atoms in total. The van der Waals surface area contributed by atoms with Gasteiger partial charge >= 0.3 is 0 Å². The highest BCUT2D eigenvalue weighted by molar-refractivity contribution is 6.01. The number of carbonyl (C=O) groups excluding carboxylic acids is 2. The number of H-pyrrole nitrogens is 1. The van der Waals surface area contributed by atoms with E-state index in [0.717, 1.165) is 22.0 Å². The topological polar surface area (TPSA) is 74.8 Å². The first kappa shape index (κ1) is 15.9. The van der Waals surface area contributed by atoms with E-state index < -0.39 is 0 Å². The van der Waals surface area contributed by atoms with Gasteiger partial charge in [-0.2, -0.15) is 5.10 Å². The van der Waals surface area contributed by atoms with Crippen LogP contribution in [-0.2, 0) is 4.79 Å². The molecule has 0 aliphatic rings. The van der Waals surface area contributed by atoms with Crippen molar-refractivity contribution in [2.75, 3.05) is 5.32 Å². The maximum Gasteiger partial charge on any atom is 0.224 e. The summed E-state index contributed by atoms with van der Waals surface area (Å²) < 4.78 is 0. The van der Waals surface area contributed by atoms with Crippen LogP contribution < -0.4 is 5.32 Å². The van der Waals surface area contributed by atoms with Crippen LogP contribution in [0.2, 0.25) is 0 Å². The zero-order chi connectivity index (χ0) is 17.1. The Balaban J connectivity index is 1.60. The highest BCUT2D eigenvalue weighted by Gasteiger charge is 2.12. The van der Waals surface area contributed by atoms with Crippen LogP contribution in [0.4, 0.5) is 5.69 Å². The molecule has 5 heteroatoms. The average molecular weight is 321 g/mol. The standard InChI is InChI=1S/C19H19N3O2/c1-12-3-4-13(2)16(9-12)18(23)7-8-19(24)21-15-5-6-17-14(10-15)11-20-22-17/h3-6,9-11H,7-8H2,1-2H3,(H,20,22)(H,21,24). The lowest BCUT2D eigenvalue weighted by atomic mass is 9.99. The van der Waals surface area contributed by atoms with Crippen molar-refractivity contribution in [1.82, 2.24) is 10.2 Å². The third-order valence-electron chi connectivity index (χ3n) is 4.00. The van der Waals surface area contributed by atoms with Gasteiger partial charge in [0.05, 0.1) is 11.7 Å². The summed E-state index contributed by atoms with van der Waals surface area (Å²) in [4.78, 5) is 24.4. The Morgan fingerprint density at radius 2 is 1.92 bits per heavy atom. The molecule has 2 N–H and O–H groups in total. The molecule has 24 heavy (non-hydrogen) atoms. The van der Waals surface area contributed by atoms with Crippen LogP contribution in [0.5, 0.6) is 0 Å². The zero-order valence-corrected chi connectivity index (χ0v) is 13.7. The fraction of sp³-hybridized carbons (Fsp3) is 0.211. The van der Waals surface area contributed by atoms with E-state index in [4.69, 9.17) is 0 Å². The summed E-state index contributed by atoms with van der Waals surface area (Å²) in [5.74, 6) is -0.173. The van der Waals surface area contributed by atoms with Gasteiger partial charge in [0.25, 0.3) is 0 Å². The van der Waals surface area contributed by atoms with Crippen molar-refractivity contribution in [3.63, 3.8) is 0 Å². The summed E-state index contributed by atoms with van der Waals surface area (Å²) in [5.41, 5.74) is 4.30. The molecule has 0 saturated carbocycles. The maximum absolute atomic E-state index is 12.3. The lowest BCUT2D eigenvalue weighted by molar-refractivity contribution is -0.116. The van der Waals surface area contributed by atoms with Crippen molar-refractivity contribution >= 4 is 28.3 Å². The Morgan fingerprint density at radius 1 is 1.08 bits per heavy atom. The van der Waals surface area contributed by atoms with Gasteiger partial charge in [-0.3, -0.25) is 14.7 Å². The quantitative estimate of drug-likeness (QED) is 0.702. The Hall–Kier alpha value is -2.95. The first-order valence-electron chi connectivity index (χ1n) is 7.86. The second kappa shape index (κ2) is 6.66. The highest BCUT2D eigenvalue weighted by atomic mass is 16.2. The molecule has 122 valence electrons. The van der Waals surface area contributed by atoms with Gasteiger partial charge in [0.15, 0.2) is 5.78 Å². The molecule has 0 saturated heterocycles. The van der Waals surface area contributed by atoms with Crippen LogP contribution in [0.15, 0.2) is 42.6 Å². The fourth-order valence-electron chi connectivity index (χ4n) is 2.64. The van der Waals surface area contributed by atoms with Gasteiger partial charge in [-0.25, -0.2) is 0 Å². The first-order chi connectivity index (χ1) is 11.5. The van der Waals surface area contributed by atoms with Gasteiger partial charge in [0.2, 0.25) is 5.91 Å². The highest BCUT2D eigenvalue weighted by Crippen LogP contribution is 2.18. The number of carbonyl (C=O) groups is 2. The summed E-state index contributed by atoms with van der Waals surface area (Å²) >= 11 is 0. The van der Waals surface area contributed by atoms with E-state index in [1.165, 1.54) is 0 Å². The van der Waals surface area contributed by atoms with Crippen LogP contribution in [0.3, 0.4) is 0 Å². The molecule has 0 spiro atoms. The molecule has 0 unspecified atom stereocenters. The number of Topliss-reactive ketones (excluding diaryl/α,β-unsaturated/α-hetero) is 1. The molecule has 0 radical (unpaired) electrons. The number of nitrogens with zero attached hydrogens (tertiary/aromatic N) is 1. The predicted molar refractivity (Wildman–Crippen MR) is 94.2 cm³/mol. The van der Waals surface area contributed by atoms with Crippen LogP contribution in [0.1, 0.15) is 34.3 Å². The van der Waals surface area contributed by atoms with Crippen molar-refractivity contribution in [3.8, 4) is 0 Å². The Morgan fingerprint density at radius 3 is 2.75 bits per heavy atom. The summed E-state index contributed by atoms with van der Waals surface area (Å²) in [6.07, 6.45) is 2.06. The number of ketones is 1. The molecule has 0 aliphatic heterocycles. The molecule has 3 aromatic rings. The van der Waals surface area contributed by atoms with E-state index in [9.17, 15) is 9.59 Å². The molecule has 1 heterocycles. The van der Waals surface area contributed by atoms with Gasteiger partial charge in [-0.15, -0.1) is 0 Å². The number of benzene rings is 2. The number of aryl methyl sites for hydroxylation is 2. The van der Waals surface area contributed by atoms with E-state index in [1.54, 1.807) is 6.20 Å². The number of amides is 1. The number of rotatable bonds is 5. The number of fused-ring (bicyclic) bond motifs is 1. The van der Waals surface area contributed by atoms with Crippen molar-refractivity contribution < 1.29 is 9.59 Å². The van der Waals surface area contributed by atoms with Gasteiger partial charge in [-0.05, 0) is 43.7 Å². The summed E-state index contributed by atoms with van der Waals surface area (Å²) in [6.45, 7) is 3.86. The minimum absolute atomic E-state index is 0.00311. The lowest BCUT2D eigenvalue weighted by Crippen LogP contribution is -2.14. The Bertz CT molecular complexity index is 912. The van der Waals surface area contributed by atoms with Gasteiger partial charge in [-0.1, -0.05) is 17.7 Å². The summed E-state index contributed by atoms with van der Waals surface area (Å²) in [6, 6.07) is 11.3. The normalized spacial score (nSPS) is 10.8. The predicted octanol–water partition coefficient (Wildman–Crippen LogP) is 3.78. The van der Waals surface area contributed by atoms with Gasteiger partial charge in [0.1, 0.15) is 0 Å². The lowest BCUT2D eigenvalue weighted by Gasteiger charge is -2.07. The summed E-state index contributed by atoms with van der Waals surface area (Å²) in [7, 11) is 0. The molecule has 1 aromatic heterocycles. The molecule has 2 aromatic carbocycles. The maximum atomic E-state index is 12.3. The van der Waals surface area contributed by atoms with E-state index in [-0.39, 0.29) is 24.5 Å². The average Bonchev–Trinajstić information content (AvgIpc) is 3.02. The van der Waals surface area contributed by atoms with Gasteiger partial charge < -0.3 is 5.32 Å². The second-order valence-electron chi connectivity index (χ2n) is 5.96. The number of hydrogen-bond donors (Lipinski definition) is 2. The molecule has 0 atom stereocenters. The van der Waals surface area contributed by atoms with Gasteiger partial charge in [0, 0.05) is 29.5 Å². The Kier molecular flexibility index (Phi) is 4.42. The van der Waals surface area contributed by atoms with Crippen molar-refractivity contribution in [3.05, 3.63) is 59.3 Å². The largest absolute Gasteiger partial charge is 0.326 e. The SMILES string of the molecule is Cc1ccc(C)c(C(=O)CCC(=O)Nc2ccc3[nH]ncc3c2)c1. The van der Waals surface area contributed by atoms with E-state index in [2.05, 4.69) is 15.5 Å². The minimum atomic E-state index is -0.170.